The van der Waals surface area contributed by atoms with Gasteiger partial charge in [-0.05, 0) is 36.2 Å². The summed E-state index contributed by atoms with van der Waals surface area (Å²) in [7, 11) is 0. The van der Waals surface area contributed by atoms with Gasteiger partial charge in [0.05, 0.1) is 12.7 Å². The minimum atomic E-state index is -0.390. The van der Waals surface area contributed by atoms with E-state index in [9.17, 15) is 9.59 Å². The van der Waals surface area contributed by atoms with E-state index in [4.69, 9.17) is 9.15 Å². The number of hydrogen-bond donors (Lipinski definition) is 1. The molecule has 1 amide bonds. The summed E-state index contributed by atoms with van der Waals surface area (Å²) in [4.78, 5) is 23.2. The zero-order valence-corrected chi connectivity index (χ0v) is 11.8. The zero-order valence-electron chi connectivity index (χ0n) is 11.8. The van der Waals surface area contributed by atoms with E-state index in [1.54, 1.807) is 24.3 Å². The zero-order chi connectivity index (χ0) is 15.1. The summed E-state index contributed by atoms with van der Waals surface area (Å²) in [6, 6.07) is 10.5. The number of hydrogen-bond acceptors (Lipinski definition) is 4. The topological polar surface area (TPSA) is 68.5 Å². The molecule has 0 unspecified atom stereocenters. The molecule has 0 aliphatic rings. The maximum atomic E-state index is 11.6. The number of rotatable bonds is 6. The number of nitrogens with one attached hydrogen (secondary N) is 1. The molecule has 2 rings (SSSR count). The highest BCUT2D eigenvalue weighted by Gasteiger charge is 2.09. The Labute approximate surface area is 122 Å². The highest BCUT2D eigenvalue weighted by Crippen LogP contribution is 2.13. The monoisotopic (exact) mass is 287 g/mol. The summed E-state index contributed by atoms with van der Waals surface area (Å²) in [6.45, 7) is 2.26. The Kier molecular flexibility index (Phi) is 5.15. The van der Waals surface area contributed by atoms with Gasteiger partial charge in [0.25, 0.3) is 5.91 Å². The van der Waals surface area contributed by atoms with Gasteiger partial charge < -0.3 is 14.5 Å². The van der Waals surface area contributed by atoms with Crippen LogP contribution in [0.3, 0.4) is 0 Å². The van der Waals surface area contributed by atoms with Crippen LogP contribution in [0.4, 0.5) is 0 Å². The molecule has 1 aromatic carbocycles. The maximum absolute atomic E-state index is 11.6. The highest BCUT2D eigenvalue weighted by atomic mass is 16.5. The van der Waals surface area contributed by atoms with Crippen molar-refractivity contribution < 1.29 is 18.7 Å². The molecule has 5 nitrogen and oxygen atoms in total. The Morgan fingerprint density at radius 3 is 2.57 bits per heavy atom. The van der Waals surface area contributed by atoms with Crippen molar-refractivity contribution in [3.8, 4) is 5.75 Å². The van der Waals surface area contributed by atoms with Crippen molar-refractivity contribution in [2.45, 2.75) is 19.8 Å². The molecule has 0 bridgehead atoms. The molecule has 2 aromatic rings. The summed E-state index contributed by atoms with van der Waals surface area (Å²) in [5, 5.41) is 2.59. The van der Waals surface area contributed by atoms with Crippen LogP contribution in [0.2, 0.25) is 0 Å². The van der Waals surface area contributed by atoms with Crippen molar-refractivity contribution in [1.29, 1.82) is 0 Å². The fourth-order valence-electron chi connectivity index (χ4n) is 1.75. The quantitative estimate of drug-likeness (QED) is 0.655. The molecule has 1 aromatic heterocycles. The van der Waals surface area contributed by atoms with E-state index in [0.29, 0.717) is 5.75 Å². The predicted molar refractivity (Wildman–Crippen MR) is 77.1 cm³/mol. The third-order valence-electron chi connectivity index (χ3n) is 2.92. The van der Waals surface area contributed by atoms with Gasteiger partial charge in [-0.25, -0.2) is 0 Å². The molecule has 5 heteroatoms. The van der Waals surface area contributed by atoms with E-state index in [1.165, 1.54) is 11.8 Å². The molecule has 0 saturated carbocycles. The number of esters is 1. The van der Waals surface area contributed by atoms with Crippen LogP contribution < -0.4 is 10.1 Å². The van der Waals surface area contributed by atoms with Crippen LogP contribution in [0.15, 0.2) is 47.1 Å². The average molecular weight is 287 g/mol. The van der Waals surface area contributed by atoms with Crippen molar-refractivity contribution in [2.24, 2.45) is 0 Å². The first-order valence-corrected chi connectivity index (χ1v) is 6.80. The standard InChI is InChI=1S/C16H17NO4/c1-2-12-5-7-13(8-6-12)21-15(18)9-10-17-16(19)14-4-3-11-20-14/h3-8,11H,2,9-10H2,1H3,(H,17,19). The second-order valence-corrected chi connectivity index (χ2v) is 4.45. The molecule has 110 valence electrons. The minimum Gasteiger partial charge on any atom is -0.459 e. The third kappa shape index (κ3) is 4.49. The van der Waals surface area contributed by atoms with Crippen molar-refractivity contribution >= 4 is 11.9 Å². The third-order valence-corrected chi connectivity index (χ3v) is 2.92. The largest absolute Gasteiger partial charge is 0.459 e. The van der Waals surface area contributed by atoms with Crippen LogP contribution in [0, 0.1) is 0 Å². The summed E-state index contributed by atoms with van der Waals surface area (Å²) in [5.41, 5.74) is 1.18. The number of amides is 1. The van der Waals surface area contributed by atoms with Gasteiger partial charge in [-0.1, -0.05) is 19.1 Å². The lowest BCUT2D eigenvalue weighted by molar-refractivity contribution is -0.134. The fraction of sp³-hybridized carbons (Fsp3) is 0.250. The van der Waals surface area contributed by atoms with Gasteiger partial charge in [0.2, 0.25) is 0 Å². The van der Waals surface area contributed by atoms with E-state index >= 15 is 0 Å². The Morgan fingerprint density at radius 2 is 1.95 bits per heavy atom. The minimum absolute atomic E-state index is 0.0992. The second kappa shape index (κ2) is 7.28. The molecule has 1 heterocycles. The Morgan fingerprint density at radius 1 is 1.19 bits per heavy atom. The lowest BCUT2D eigenvalue weighted by Crippen LogP contribution is -2.26. The van der Waals surface area contributed by atoms with Gasteiger partial charge in [-0.2, -0.15) is 0 Å². The normalized spacial score (nSPS) is 10.1. The Hall–Kier alpha value is -2.56. The number of carbonyl (C=O) groups excluding carboxylic acids is 2. The van der Waals surface area contributed by atoms with Crippen LogP contribution in [0.5, 0.6) is 5.75 Å². The molecular formula is C16H17NO4. The SMILES string of the molecule is CCc1ccc(OC(=O)CCNC(=O)c2ccco2)cc1. The van der Waals surface area contributed by atoms with Gasteiger partial charge in [-0.15, -0.1) is 0 Å². The molecule has 0 saturated heterocycles. The van der Waals surface area contributed by atoms with Crippen LogP contribution in [0.1, 0.15) is 29.5 Å². The lowest BCUT2D eigenvalue weighted by atomic mass is 10.2. The fourth-order valence-corrected chi connectivity index (χ4v) is 1.75. The second-order valence-electron chi connectivity index (χ2n) is 4.45. The van der Waals surface area contributed by atoms with Crippen molar-refractivity contribution in [3.05, 3.63) is 54.0 Å². The Balaban J connectivity index is 1.73. The molecule has 0 aliphatic heterocycles. The van der Waals surface area contributed by atoms with E-state index < -0.39 is 0 Å². The summed E-state index contributed by atoms with van der Waals surface area (Å²) >= 11 is 0. The van der Waals surface area contributed by atoms with Crippen molar-refractivity contribution in [3.63, 3.8) is 0 Å². The summed E-state index contributed by atoms with van der Waals surface area (Å²) in [5.74, 6) is -0.00725. The maximum Gasteiger partial charge on any atom is 0.312 e. The van der Waals surface area contributed by atoms with E-state index in [1.807, 2.05) is 12.1 Å². The lowest BCUT2D eigenvalue weighted by Gasteiger charge is -2.06. The molecule has 0 radical (unpaired) electrons. The van der Waals surface area contributed by atoms with Crippen LogP contribution in [-0.4, -0.2) is 18.4 Å². The Bertz CT molecular complexity index is 587. The van der Waals surface area contributed by atoms with Crippen molar-refractivity contribution in [1.82, 2.24) is 5.32 Å². The molecule has 0 fully saturated rings. The summed E-state index contributed by atoms with van der Waals surface area (Å²) < 4.78 is 10.1. The molecule has 0 aliphatic carbocycles. The van der Waals surface area contributed by atoms with Gasteiger partial charge in [0.1, 0.15) is 5.75 Å². The molecule has 21 heavy (non-hydrogen) atoms. The van der Waals surface area contributed by atoms with E-state index in [2.05, 4.69) is 12.2 Å². The number of carbonyl (C=O) groups is 2. The smallest absolute Gasteiger partial charge is 0.312 e. The van der Waals surface area contributed by atoms with E-state index in [-0.39, 0.29) is 30.6 Å². The first-order valence-electron chi connectivity index (χ1n) is 6.80. The van der Waals surface area contributed by atoms with Gasteiger partial charge >= 0.3 is 5.97 Å². The first kappa shape index (κ1) is 14.8. The van der Waals surface area contributed by atoms with Crippen LogP contribution in [0.25, 0.3) is 0 Å². The molecular weight excluding hydrogens is 270 g/mol. The van der Waals surface area contributed by atoms with Gasteiger partial charge in [0, 0.05) is 6.54 Å². The molecule has 0 spiro atoms. The van der Waals surface area contributed by atoms with E-state index in [0.717, 1.165) is 6.42 Å². The van der Waals surface area contributed by atoms with Crippen LogP contribution in [-0.2, 0) is 11.2 Å². The van der Waals surface area contributed by atoms with Gasteiger partial charge in [0.15, 0.2) is 5.76 Å². The number of aryl methyl sites for hydroxylation is 1. The molecule has 1 N–H and O–H groups in total. The summed E-state index contributed by atoms with van der Waals surface area (Å²) in [6.07, 6.45) is 2.46. The number of ether oxygens (including phenoxy) is 1. The number of benzene rings is 1. The highest BCUT2D eigenvalue weighted by molar-refractivity contribution is 5.91. The molecule has 0 atom stereocenters. The average Bonchev–Trinajstić information content (AvgIpc) is 3.02. The predicted octanol–water partition coefficient (Wildman–Crippen LogP) is 2.57. The first-order chi connectivity index (χ1) is 10.2. The number of furan rings is 1. The van der Waals surface area contributed by atoms with Gasteiger partial charge in [-0.3, -0.25) is 9.59 Å². The van der Waals surface area contributed by atoms with Crippen LogP contribution >= 0.6 is 0 Å². The van der Waals surface area contributed by atoms with Crippen molar-refractivity contribution in [2.75, 3.05) is 6.54 Å².